The zero-order chi connectivity index (χ0) is 10.2. The van der Waals surface area contributed by atoms with Gasteiger partial charge in [-0.2, -0.15) is 0 Å². The second kappa shape index (κ2) is 2.18. The lowest BCUT2D eigenvalue weighted by Gasteiger charge is -2.64. The molecule has 0 aromatic rings. The molecule has 4 bridgehead atoms. The van der Waals surface area contributed by atoms with Crippen molar-refractivity contribution in [1.82, 2.24) is 0 Å². The van der Waals surface area contributed by atoms with Crippen LogP contribution < -0.4 is 0 Å². The molecular weight excluding hydrogens is 180 g/mol. The zero-order valence-corrected chi connectivity index (χ0v) is 8.53. The number of hydrogen-bond donors (Lipinski definition) is 3. The Hall–Kier alpha value is -0.120. The summed E-state index contributed by atoms with van der Waals surface area (Å²) in [6, 6.07) is 0. The molecule has 4 aliphatic carbocycles. The topological polar surface area (TPSA) is 60.7 Å². The molecule has 80 valence electrons. The molecule has 2 atom stereocenters. The third kappa shape index (κ3) is 0.930. The third-order valence-electron chi connectivity index (χ3n) is 4.84. The molecule has 0 saturated heterocycles. The van der Waals surface area contributed by atoms with Gasteiger partial charge in [-0.15, -0.1) is 0 Å². The van der Waals surface area contributed by atoms with Crippen molar-refractivity contribution >= 4 is 0 Å². The lowest BCUT2D eigenvalue weighted by molar-refractivity contribution is -0.284. The van der Waals surface area contributed by atoms with Gasteiger partial charge in [0.1, 0.15) is 0 Å². The highest BCUT2D eigenvalue weighted by Gasteiger charge is 2.66. The van der Waals surface area contributed by atoms with Crippen LogP contribution >= 0.6 is 0 Å². The Morgan fingerprint density at radius 2 is 1.43 bits per heavy atom. The molecule has 0 amide bonds. The van der Waals surface area contributed by atoms with Crippen LogP contribution in [0.5, 0.6) is 0 Å². The second-order valence-electron chi connectivity index (χ2n) is 5.99. The smallest absolute Gasteiger partial charge is 0.0730 e. The molecule has 4 fully saturated rings. The van der Waals surface area contributed by atoms with Crippen molar-refractivity contribution in [2.45, 2.75) is 55.8 Å². The Bertz CT molecular complexity index is 268. The lowest BCUT2D eigenvalue weighted by atomic mass is 9.46. The van der Waals surface area contributed by atoms with E-state index in [1.165, 1.54) is 0 Å². The molecule has 0 radical (unpaired) electrons. The Morgan fingerprint density at radius 3 is 1.86 bits per heavy atom. The first kappa shape index (κ1) is 9.13. The van der Waals surface area contributed by atoms with Crippen LogP contribution in [0.25, 0.3) is 0 Å². The predicted molar refractivity (Wildman–Crippen MR) is 50.6 cm³/mol. The molecular formula is C11H18O3. The normalized spacial score (nSPS) is 66.0. The van der Waals surface area contributed by atoms with E-state index in [2.05, 4.69) is 0 Å². The van der Waals surface area contributed by atoms with Crippen LogP contribution in [0.15, 0.2) is 0 Å². The van der Waals surface area contributed by atoms with Crippen LogP contribution in [0.3, 0.4) is 0 Å². The van der Waals surface area contributed by atoms with Crippen molar-refractivity contribution in [1.29, 1.82) is 0 Å². The van der Waals surface area contributed by atoms with Crippen LogP contribution in [0, 0.1) is 11.8 Å². The van der Waals surface area contributed by atoms with Crippen molar-refractivity contribution in [3.05, 3.63) is 0 Å². The maximum Gasteiger partial charge on any atom is 0.0730 e. The Morgan fingerprint density at radius 1 is 0.929 bits per heavy atom. The zero-order valence-electron chi connectivity index (χ0n) is 8.53. The summed E-state index contributed by atoms with van der Waals surface area (Å²) >= 11 is 0. The van der Waals surface area contributed by atoms with E-state index in [-0.39, 0.29) is 5.92 Å². The first-order chi connectivity index (χ1) is 6.35. The number of rotatable bonds is 0. The molecule has 3 nitrogen and oxygen atoms in total. The molecule has 0 aliphatic heterocycles. The van der Waals surface area contributed by atoms with E-state index in [9.17, 15) is 15.3 Å². The molecule has 0 spiro atoms. The maximum absolute atomic E-state index is 10.4. The fraction of sp³-hybridized carbons (Fsp3) is 1.00. The van der Waals surface area contributed by atoms with Gasteiger partial charge in [-0.3, -0.25) is 0 Å². The summed E-state index contributed by atoms with van der Waals surface area (Å²) in [4.78, 5) is 0. The van der Waals surface area contributed by atoms with E-state index >= 15 is 0 Å². The van der Waals surface area contributed by atoms with Crippen LogP contribution in [0.4, 0.5) is 0 Å². The van der Waals surface area contributed by atoms with E-state index in [1.54, 1.807) is 0 Å². The van der Waals surface area contributed by atoms with Gasteiger partial charge in [0, 0.05) is 18.8 Å². The van der Waals surface area contributed by atoms with E-state index in [1.807, 2.05) is 6.92 Å². The van der Waals surface area contributed by atoms with Crippen molar-refractivity contribution < 1.29 is 15.3 Å². The summed E-state index contributed by atoms with van der Waals surface area (Å²) in [5, 5.41) is 31.0. The molecule has 0 aromatic heterocycles. The van der Waals surface area contributed by atoms with Crippen molar-refractivity contribution in [3.8, 4) is 0 Å². The van der Waals surface area contributed by atoms with Crippen LogP contribution in [-0.4, -0.2) is 32.1 Å². The van der Waals surface area contributed by atoms with Crippen molar-refractivity contribution in [2.75, 3.05) is 0 Å². The van der Waals surface area contributed by atoms with Gasteiger partial charge in [-0.25, -0.2) is 0 Å². The fourth-order valence-corrected chi connectivity index (χ4v) is 4.40. The molecule has 4 aliphatic rings. The largest absolute Gasteiger partial charge is 0.390 e. The van der Waals surface area contributed by atoms with Gasteiger partial charge in [-0.1, -0.05) is 6.92 Å². The third-order valence-corrected chi connectivity index (χ3v) is 4.84. The van der Waals surface area contributed by atoms with Crippen LogP contribution in [0.1, 0.15) is 39.0 Å². The molecule has 2 unspecified atom stereocenters. The van der Waals surface area contributed by atoms with Crippen molar-refractivity contribution in [2.24, 2.45) is 11.8 Å². The van der Waals surface area contributed by atoms with Crippen LogP contribution in [-0.2, 0) is 0 Å². The minimum Gasteiger partial charge on any atom is -0.390 e. The van der Waals surface area contributed by atoms with Gasteiger partial charge < -0.3 is 15.3 Å². The van der Waals surface area contributed by atoms with Crippen molar-refractivity contribution in [3.63, 3.8) is 0 Å². The standard InChI is InChI=1S/C11H18O3/c1-7-10(13)3-8-2-9(12,5-10)6-11(7,14)4-8/h7-8,12-14H,2-6H2,1H3. The van der Waals surface area contributed by atoms with E-state index in [4.69, 9.17) is 0 Å². The summed E-state index contributed by atoms with van der Waals surface area (Å²) in [6.07, 6.45) is 3.21. The highest BCUT2D eigenvalue weighted by atomic mass is 16.3. The van der Waals surface area contributed by atoms with Gasteiger partial charge in [-0.05, 0) is 25.2 Å². The Balaban J connectivity index is 2.07. The molecule has 14 heavy (non-hydrogen) atoms. The Labute approximate surface area is 83.8 Å². The van der Waals surface area contributed by atoms with Gasteiger partial charge in [0.15, 0.2) is 0 Å². The monoisotopic (exact) mass is 198 g/mol. The molecule has 4 rings (SSSR count). The second-order valence-corrected chi connectivity index (χ2v) is 5.99. The van der Waals surface area contributed by atoms with E-state index in [0.29, 0.717) is 18.8 Å². The minimum absolute atomic E-state index is 0.0909. The average molecular weight is 198 g/mol. The SMILES string of the molecule is CC1C2(O)CC3CC(O)(C2)CC1(O)C3. The highest BCUT2D eigenvalue weighted by Crippen LogP contribution is 2.61. The van der Waals surface area contributed by atoms with E-state index in [0.717, 1.165) is 19.3 Å². The predicted octanol–water partition coefficient (Wildman–Crippen LogP) is 0.423. The van der Waals surface area contributed by atoms with E-state index < -0.39 is 16.8 Å². The molecule has 4 saturated carbocycles. The molecule has 3 heteroatoms. The van der Waals surface area contributed by atoms with Crippen LogP contribution in [0.2, 0.25) is 0 Å². The first-order valence-corrected chi connectivity index (χ1v) is 5.53. The quantitative estimate of drug-likeness (QED) is 0.529. The minimum atomic E-state index is -0.817. The molecule has 0 aromatic carbocycles. The number of aliphatic hydroxyl groups is 3. The molecule has 0 heterocycles. The summed E-state index contributed by atoms with van der Waals surface area (Å²) in [7, 11) is 0. The van der Waals surface area contributed by atoms with Gasteiger partial charge in [0.25, 0.3) is 0 Å². The van der Waals surface area contributed by atoms with Gasteiger partial charge in [0.2, 0.25) is 0 Å². The lowest BCUT2D eigenvalue weighted by Crippen LogP contribution is -2.70. The average Bonchev–Trinajstić information content (AvgIpc) is 1.95. The first-order valence-electron chi connectivity index (χ1n) is 5.53. The highest BCUT2D eigenvalue weighted by molar-refractivity contribution is 5.18. The molecule has 3 N–H and O–H groups in total. The number of hydrogen-bond acceptors (Lipinski definition) is 3. The summed E-state index contributed by atoms with van der Waals surface area (Å²) in [5.41, 5.74) is -2.43. The van der Waals surface area contributed by atoms with Gasteiger partial charge >= 0.3 is 0 Å². The summed E-state index contributed by atoms with van der Waals surface area (Å²) in [6.45, 7) is 1.92. The fourth-order valence-electron chi connectivity index (χ4n) is 4.40. The maximum atomic E-state index is 10.4. The Kier molecular flexibility index (Phi) is 1.42. The summed E-state index contributed by atoms with van der Waals surface area (Å²) < 4.78 is 0. The van der Waals surface area contributed by atoms with Gasteiger partial charge in [0.05, 0.1) is 16.8 Å². The summed E-state index contributed by atoms with van der Waals surface area (Å²) in [5.74, 6) is 0.223.